The molecule has 2 rings (SSSR count). The second-order valence-electron chi connectivity index (χ2n) is 6.24. The van der Waals surface area contributed by atoms with E-state index in [0.29, 0.717) is 31.5 Å². The first-order chi connectivity index (χ1) is 11.3. The van der Waals surface area contributed by atoms with Crippen molar-refractivity contribution in [2.24, 2.45) is 0 Å². The second kappa shape index (κ2) is 7.48. The quantitative estimate of drug-likeness (QED) is 0.790. The molecule has 0 unspecified atom stereocenters. The molecule has 1 aliphatic rings. The molecule has 0 radical (unpaired) electrons. The Kier molecular flexibility index (Phi) is 5.82. The minimum atomic E-state index is -3.19. The molecule has 1 saturated heterocycles. The molecule has 0 bridgehead atoms. The molecular weight excluding hydrogens is 328 g/mol. The molecule has 2 heterocycles. The number of amides is 1. The third-order valence-electron chi connectivity index (χ3n) is 4.52. The Labute approximate surface area is 144 Å². The summed E-state index contributed by atoms with van der Waals surface area (Å²) in [5.41, 5.74) is 0.613. The van der Waals surface area contributed by atoms with Gasteiger partial charge in [0.25, 0.3) is 5.91 Å². The predicted octanol–water partition coefficient (Wildman–Crippen LogP) is 1.03. The summed E-state index contributed by atoms with van der Waals surface area (Å²) >= 11 is 0. The number of hydrogen-bond acceptors (Lipinski definition) is 5. The topological polar surface area (TPSA) is 73.8 Å². The first-order valence-corrected chi connectivity index (χ1v) is 9.75. The number of hydrogen-bond donors (Lipinski definition) is 0. The maximum atomic E-state index is 12.7. The fraction of sp³-hybridized carbons (Fsp3) is 0.625. The lowest BCUT2D eigenvalue weighted by molar-refractivity contribution is 0.0686. The summed E-state index contributed by atoms with van der Waals surface area (Å²) in [6, 6.07) is 3.46. The summed E-state index contributed by atoms with van der Waals surface area (Å²) in [5, 5.41) is 0. The normalized spacial score (nSPS) is 16.5. The van der Waals surface area contributed by atoms with E-state index in [0.717, 1.165) is 5.82 Å². The second-order valence-corrected chi connectivity index (χ2v) is 8.55. The van der Waals surface area contributed by atoms with Crippen LogP contribution in [0.3, 0.4) is 0 Å². The zero-order valence-corrected chi connectivity index (χ0v) is 15.6. The van der Waals surface area contributed by atoms with Crippen molar-refractivity contribution in [3.8, 4) is 0 Å². The van der Waals surface area contributed by atoms with Crippen LogP contribution in [0.4, 0.5) is 5.82 Å². The van der Waals surface area contributed by atoms with Crippen molar-refractivity contribution in [2.45, 2.75) is 25.8 Å². The zero-order chi connectivity index (χ0) is 17.9. The van der Waals surface area contributed by atoms with Crippen molar-refractivity contribution in [2.75, 3.05) is 44.9 Å². The monoisotopic (exact) mass is 354 g/mol. The van der Waals surface area contributed by atoms with Crippen molar-refractivity contribution in [3.63, 3.8) is 0 Å². The Hall–Kier alpha value is -1.67. The predicted molar refractivity (Wildman–Crippen MR) is 94.7 cm³/mol. The third-order valence-corrected chi connectivity index (χ3v) is 6.43. The van der Waals surface area contributed by atoms with Gasteiger partial charge in [-0.2, -0.15) is 0 Å². The van der Waals surface area contributed by atoms with Crippen molar-refractivity contribution >= 4 is 21.7 Å². The molecule has 1 aromatic rings. The third kappa shape index (κ3) is 4.05. The minimum absolute atomic E-state index is 0.0278. The molecule has 0 atom stereocenters. The number of aromatic nitrogens is 1. The fourth-order valence-corrected chi connectivity index (χ4v) is 3.91. The van der Waals surface area contributed by atoms with Gasteiger partial charge in [0, 0.05) is 52.0 Å². The molecule has 0 spiro atoms. The molecule has 0 saturated carbocycles. The van der Waals surface area contributed by atoms with Crippen LogP contribution >= 0.6 is 0 Å². The number of anilines is 1. The Bertz CT molecular complexity index is 682. The number of pyridine rings is 1. The molecule has 8 heteroatoms. The van der Waals surface area contributed by atoms with Crippen molar-refractivity contribution in [1.82, 2.24) is 14.2 Å². The number of nitrogens with zero attached hydrogens (tertiary/aromatic N) is 4. The molecule has 0 N–H and O–H groups in total. The van der Waals surface area contributed by atoms with E-state index in [1.807, 2.05) is 19.0 Å². The van der Waals surface area contributed by atoms with Crippen LogP contribution in [0.1, 0.15) is 30.1 Å². The van der Waals surface area contributed by atoms with E-state index in [9.17, 15) is 13.2 Å². The van der Waals surface area contributed by atoms with Gasteiger partial charge in [-0.05, 0) is 31.9 Å². The lowest BCUT2D eigenvalue weighted by Crippen LogP contribution is -2.47. The van der Waals surface area contributed by atoms with Crippen LogP contribution in [0.25, 0.3) is 0 Å². The largest absolute Gasteiger partial charge is 0.363 e. The van der Waals surface area contributed by atoms with Gasteiger partial charge in [0.1, 0.15) is 5.82 Å². The first kappa shape index (κ1) is 18.7. The average molecular weight is 354 g/mol. The standard InChI is InChI=1S/C16H26N4O3S/c1-5-24(22,23)19(4)14-7-10-20(11-8-14)16(21)13-6-9-17-15(12-13)18(2)3/h6,9,12,14H,5,7-8,10-11H2,1-4H3. The zero-order valence-electron chi connectivity index (χ0n) is 14.8. The van der Waals surface area contributed by atoms with Crippen molar-refractivity contribution in [3.05, 3.63) is 23.9 Å². The van der Waals surface area contributed by atoms with Crippen LogP contribution in [0.15, 0.2) is 18.3 Å². The smallest absolute Gasteiger partial charge is 0.254 e. The van der Waals surface area contributed by atoms with Gasteiger partial charge in [-0.25, -0.2) is 17.7 Å². The molecule has 134 valence electrons. The molecule has 0 aromatic carbocycles. The summed E-state index contributed by atoms with van der Waals surface area (Å²) in [5.74, 6) is 0.817. The van der Waals surface area contributed by atoms with Crippen molar-refractivity contribution in [1.29, 1.82) is 0 Å². The highest BCUT2D eigenvalue weighted by Gasteiger charge is 2.30. The Morgan fingerprint density at radius 1 is 1.29 bits per heavy atom. The number of sulfonamides is 1. The average Bonchev–Trinajstić information content (AvgIpc) is 2.60. The summed E-state index contributed by atoms with van der Waals surface area (Å²) < 4.78 is 25.4. The summed E-state index contributed by atoms with van der Waals surface area (Å²) in [6.07, 6.45) is 2.96. The molecule has 1 aromatic heterocycles. The number of rotatable bonds is 5. The Balaban J connectivity index is 2.02. The van der Waals surface area contributed by atoms with Gasteiger partial charge >= 0.3 is 0 Å². The highest BCUT2D eigenvalue weighted by molar-refractivity contribution is 7.89. The molecule has 1 amide bonds. The van der Waals surface area contributed by atoms with Gasteiger partial charge in [0.2, 0.25) is 10.0 Å². The maximum Gasteiger partial charge on any atom is 0.254 e. The van der Waals surface area contributed by atoms with Gasteiger partial charge in [-0.1, -0.05) is 0 Å². The van der Waals surface area contributed by atoms with Crippen LogP contribution in [-0.4, -0.2) is 74.5 Å². The Morgan fingerprint density at radius 2 is 1.92 bits per heavy atom. The van der Waals surface area contributed by atoms with Gasteiger partial charge in [-0.3, -0.25) is 4.79 Å². The van der Waals surface area contributed by atoms with Gasteiger partial charge in [0.05, 0.1) is 5.75 Å². The van der Waals surface area contributed by atoms with Crippen LogP contribution in [0, 0.1) is 0 Å². The van der Waals surface area contributed by atoms with Gasteiger partial charge in [-0.15, -0.1) is 0 Å². The van der Waals surface area contributed by atoms with Crippen LogP contribution in [0.5, 0.6) is 0 Å². The van der Waals surface area contributed by atoms with Crippen LogP contribution in [-0.2, 0) is 10.0 Å². The van der Waals surface area contributed by atoms with Crippen LogP contribution < -0.4 is 4.90 Å². The van der Waals surface area contributed by atoms with E-state index < -0.39 is 10.0 Å². The minimum Gasteiger partial charge on any atom is -0.363 e. The highest BCUT2D eigenvalue weighted by Crippen LogP contribution is 2.20. The number of likely N-dealkylation sites (tertiary alicyclic amines) is 1. The highest BCUT2D eigenvalue weighted by atomic mass is 32.2. The molecule has 1 fully saturated rings. The van der Waals surface area contributed by atoms with Gasteiger partial charge < -0.3 is 9.80 Å². The number of carbonyl (C=O) groups is 1. The number of carbonyl (C=O) groups excluding carboxylic acids is 1. The molecular formula is C16H26N4O3S. The van der Waals surface area contributed by atoms with Crippen LogP contribution in [0.2, 0.25) is 0 Å². The number of piperidine rings is 1. The lowest BCUT2D eigenvalue weighted by atomic mass is 10.0. The summed E-state index contributed by atoms with van der Waals surface area (Å²) in [7, 11) is 2.21. The summed E-state index contributed by atoms with van der Waals surface area (Å²) in [4.78, 5) is 20.5. The van der Waals surface area contributed by atoms with E-state index in [1.165, 1.54) is 4.31 Å². The maximum absolute atomic E-state index is 12.7. The Morgan fingerprint density at radius 3 is 2.46 bits per heavy atom. The van der Waals surface area contributed by atoms with E-state index in [1.54, 1.807) is 37.2 Å². The van der Waals surface area contributed by atoms with E-state index in [4.69, 9.17) is 0 Å². The molecule has 24 heavy (non-hydrogen) atoms. The fourth-order valence-electron chi connectivity index (χ4n) is 2.84. The van der Waals surface area contributed by atoms with E-state index >= 15 is 0 Å². The SMILES string of the molecule is CCS(=O)(=O)N(C)C1CCN(C(=O)c2ccnc(N(C)C)c2)CC1. The van der Waals surface area contributed by atoms with E-state index in [-0.39, 0.29) is 17.7 Å². The first-order valence-electron chi connectivity index (χ1n) is 8.14. The lowest BCUT2D eigenvalue weighted by Gasteiger charge is -2.36. The molecule has 7 nitrogen and oxygen atoms in total. The van der Waals surface area contributed by atoms with E-state index in [2.05, 4.69) is 4.98 Å². The molecule has 0 aliphatic carbocycles. The van der Waals surface area contributed by atoms with Gasteiger partial charge in [0.15, 0.2) is 0 Å². The summed E-state index contributed by atoms with van der Waals surface area (Å²) in [6.45, 7) is 2.77. The van der Waals surface area contributed by atoms with Crippen molar-refractivity contribution < 1.29 is 13.2 Å². The molecule has 1 aliphatic heterocycles.